The topological polar surface area (TPSA) is 112 Å². The zero-order valence-corrected chi connectivity index (χ0v) is 30.0. The Morgan fingerprint density at radius 2 is 1.36 bits per heavy atom. The summed E-state index contributed by atoms with van der Waals surface area (Å²) in [6, 6.07) is 17.0. The van der Waals surface area contributed by atoms with Crippen molar-refractivity contribution in [3.05, 3.63) is 95.1 Å². The summed E-state index contributed by atoms with van der Waals surface area (Å²) in [5.74, 6) is -0.0196. The number of esters is 1. The first-order valence-corrected chi connectivity index (χ1v) is 17.8. The molecule has 284 valence electrons. The molecule has 0 radical (unpaired) electrons. The summed E-state index contributed by atoms with van der Waals surface area (Å²) in [7, 11) is 0. The lowest BCUT2D eigenvalue weighted by atomic mass is 9.91. The summed E-state index contributed by atoms with van der Waals surface area (Å²) in [6.07, 6.45) is 1.49. The zero-order valence-electron chi connectivity index (χ0n) is 30.0. The Balaban J connectivity index is 1.10. The van der Waals surface area contributed by atoms with E-state index in [2.05, 4.69) is 21.8 Å². The van der Waals surface area contributed by atoms with Crippen molar-refractivity contribution in [1.29, 1.82) is 0 Å². The van der Waals surface area contributed by atoms with Gasteiger partial charge >= 0.3 is 19.2 Å². The van der Waals surface area contributed by atoms with Crippen LogP contribution in [0.15, 0.2) is 81.7 Å². The Kier molecular flexibility index (Phi) is 9.78. The summed E-state index contributed by atoms with van der Waals surface area (Å²) in [6.45, 7) is 3.92. The molecule has 0 spiro atoms. The molecule has 0 aliphatic carbocycles. The summed E-state index contributed by atoms with van der Waals surface area (Å²) < 4.78 is 80.9. The molecule has 2 aromatic heterocycles. The van der Waals surface area contributed by atoms with Crippen LogP contribution in [0.3, 0.4) is 0 Å². The predicted molar refractivity (Wildman–Crippen MR) is 196 cm³/mol. The van der Waals surface area contributed by atoms with E-state index in [1.54, 1.807) is 6.07 Å². The minimum Gasteiger partial charge on any atom is -0.460 e. The minimum atomic E-state index is -3.11. The van der Waals surface area contributed by atoms with Crippen molar-refractivity contribution in [2.24, 2.45) is 0 Å². The lowest BCUT2D eigenvalue weighted by Crippen LogP contribution is -2.38. The lowest BCUT2D eigenvalue weighted by molar-refractivity contribution is -0.147. The van der Waals surface area contributed by atoms with E-state index in [1.807, 2.05) is 50.2 Å². The highest BCUT2D eigenvalue weighted by Gasteiger charge is 2.26. The molecule has 0 unspecified atom stereocenters. The zero-order chi connectivity index (χ0) is 38.4. The van der Waals surface area contributed by atoms with E-state index in [0.29, 0.717) is 71.8 Å². The highest BCUT2D eigenvalue weighted by Crippen LogP contribution is 2.40. The molecule has 0 saturated carbocycles. The standard InChI is InChI=1S/C41H36F4N4O6/c1-21-17-49(18-21)19-24-13-31-35(15-33(24)54-40(42)43)52-37(47-31)28-9-4-7-26(22(28)2)27-8-5-10-29(23(27)3)38-48-32-14-25(20-51-39(50)30-11-6-12-46-30)34(55-41(44)45)16-36(32)53-38/h4-5,7-10,13-16,30,40-41,46H,1,6,11-12,17-20H2,2-3H3/t30-/m0/s1. The summed E-state index contributed by atoms with van der Waals surface area (Å²) in [4.78, 5) is 24.0. The van der Waals surface area contributed by atoms with Gasteiger partial charge in [-0.3, -0.25) is 9.69 Å². The number of rotatable bonds is 12. The largest absolute Gasteiger partial charge is 0.460 e. The van der Waals surface area contributed by atoms with Crippen LogP contribution in [0.1, 0.15) is 35.1 Å². The third-order valence-corrected chi connectivity index (χ3v) is 10.00. The molecule has 55 heavy (non-hydrogen) atoms. The van der Waals surface area contributed by atoms with Crippen molar-refractivity contribution >= 4 is 28.2 Å². The average molecular weight is 757 g/mol. The average Bonchev–Trinajstić information content (AvgIpc) is 3.90. The number of aromatic nitrogens is 2. The van der Waals surface area contributed by atoms with Gasteiger partial charge in [0.25, 0.3) is 0 Å². The summed E-state index contributed by atoms with van der Waals surface area (Å²) >= 11 is 0. The molecule has 0 amide bonds. The van der Waals surface area contributed by atoms with Gasteiger partial charge in [0.05, 0.1) is 0 Å². The summed E-state index contributed by atoms with van der Waals surface area (Å²) in [5, 5.41) is 3.06. The molecular weight excluding hydrogens is 720 g/mol. The normalized spacial score (nSPS) is 16.1. The first kappa shape index (κ1) is 36.3. The number of fused-ring (bicyclic) bond motifs is 2. The molecule has 6 aromatic rings. The quantitative estimate of drug-likeness (QED) is 0.0738. The lowest BCUT2D eigenvalue weighted by Gasteiger charge is -2.33. The fraction of sp³-hybridized carbons (Fsp3) is 0.293. The molecule has 2 aliphatic heterocycles. The summed E-state index contributed by atoms with van der Waals surface area (Å²) in [5.41, 5.74) is 8.12. The van der Waals surface area contributed by atoms with Gasteiger partial charge in [0.15, 0.2) is 11.2 Å². The Hall–Kier alpha value is -5.73. The monoisotopic (exact) mass is 756 g/mol. The first-order chi connectivity index (χ1) is 26.5. The molecule has 10 nitrogen and oxygen atoms in total. The van der Waals surface area contributed by atoms with Crippen LogP contribution in [-0.4, -0.2) is 59.7 Å². The van der Waals surface area contributed by atoms with E-state index < -0.39 is 25.2 Å². The van der Waals surface area contributed by atoms with Crippen LogP contribution in [0, 0.1) is 13.8 Å². The second-order valence-electron chi connectivity index (χ2n) is 13.8. The fourth-order valence-corrected chi connectivity index (χ4v) is 7.27. The number of alkyl halides is 4. The number of carbonyl (C=O) groups is 1. The third-order valence-electron chi connectivity index (χ3n) is 10.00. The van der Waals surface area contributed by atoms with Crippen LogP contribution >= 0.6 is 0 Å². The van der Waals surface area contributed by atoms with Gasteiger partial charge < -0.3 is 28.4 Å². The number of hydrogen-bond donors (Lipinski definition) is 1. The number of nitrogens with zero attached hydrogens (tertiary/aromatic N) is 3. The number of halogens is 4. The molecule has 1 atom stereocenters. The van der Waals surface area contributed by atoms with E-state index in [1.165, 1.54) is 18.2 Å². The van der Waals surface area contributed by atoms with E-state index in [9.17, 15) is 22.4 Å². The molecule has 14 heteroatoms. The van der Waals surface area contributed by atoms with Gasteiger partial charge in [-0.1, -0.05) is 30.8 Å². The molecule has 2 aliphatic rings. The van der Waals surface area contributed by atoms with Crippen LogP contribution in [0.25, 0.3) is 56.2 Å². The number of hydrogen-bond acceptors (Lipinski definition) is 10. The van der Waals surface area contributed by atoms with Gasteiger partial charge in [0, 0.05) is 54.0 Å². The molecule has 4 aromatic carbocycles. The molecule has 8 rings (SSSR count). The van der Waals surface area contributed by atoms with Gasteiger partial charge in [-0.05, 0) is 85.3 Å². The highest BCUT2D eigenvalue weighted by atomic mass is 19.3. The van der Waals surface area contributed by atoms with E-state index in [-0.39, 0.29) is 35.1 Å². The van der Waals surface area contributed by atoms with E-state index >= 15 is 0 Å². The molecule has 1 N–H and O–H groups in total. The number of nitrogens with one attached hydrogen (secondary N) is 1. The van der Waals surface area contributed by atoms with Crippen molar-refractivity contribution < 1.29 is 45.4 Å². The Morgan fingerprint density at radius 1 is 0.836 bits per heavy atom. The van der Waals surface area contributed by atoms with Gasteiger partial charge in [-0.25, -0.2) is 9.97 Å². The predicted octanol–water partition coefficient (Wildman–Crippen LogP) is 8.96. The number of benzene rings is 4. The molecule has 2 fully saturated rings. The van der Waals surface area contributed by atoms with Crippen molar-refractivity contribution in [3.8, 4) is 45.5 Å². The van der Waals surface area contributed by atoms with E-state index in [0.717, 1.165) is 34.2 Å². The van der Waals surface area contributed by atoms with Crippen LogP contribution in [0.4, 0.5) is 17.6 Å². The van der Waals surface area contributed by atoms with Crippen molar-refractivity contribution in [1.82, 2.24) is 20.2 Å². The molecule has 4 heterocycles. The SMILES string of the molecule is C=C1CN(Cc2cc3nc(-c4cccc(-c5cccc(-c6nc7cc(COC(=O)[C@@H]8CCCN8)c(OC(F)F)cc7o6)c5C)c4C)oc3cc2OC(F)F)C1. The van der Waals surface area contributed by atoms with Gasteiger partial charge in [0.2, 0.25) is 11.8 Å². The van der Waals surface area contributed by atoms with Crippen LogP contribution in [0.5, 0.6) is 11.5 Å². The fourth-order valence-electron chi connectivity index (χ4n) is 7.27. The van der Waals surface area contributed by atoms with Crippen LogP contribution in [0.2, 0.25) is 0 Å². The third kappa shape index (κ3) is 7.39. The van der Waals surface area contributed by atoms with Gasteiger partial charge in [0.1, 0.15) is 35.2 Å². The molecular formula is C41H36F4N4O6. The van der Waals surface area contributed by atoms with E-state index in [4.69, 9.17) is 28.0 Å². The van der Waals surface area contributed by atoms with Crippen LogP contribution in [-0.2, 0) is 22.7 Å². The van der Waals surface area contributed by atoms with Gasteiger partial charge in [-0.2, -0.15) is 17.6 Å². The maximum atomic E-state index is 13.4. The Bertz CT molecular complexity index is 2430. The molecule has 2 saturated heterocycles. The smallest absolute Gasteiger partial charge is 0.387 e. The minimum absolute atomic E-state index is 0.0362. The maximum Gasteiger partial charge on any atom is 0.387 e. The first-order valence-electron chi connectivity index (χ1n) is 17.8. The molecule has 0 bridgehead atoms. The second-order valence-corrected chi connectivity index (χ2v) is 13.8. The number of carbonyl (C=O) groups excluding carboxylic acids is 1. The maximum absolute atomic E-state index is 13.4. The number of ether oxygens (including phenoxy) is 3. The number of oxazole rings is 2. The van der Waals surface area contributed by atoms with Crippen LogP contribution < -0.4 is 14.8 Å². The van der Waals surface area contributed by atoms with Gasteiger partial charge in [-0.15, -0.1) is 0 Å². The number of likely N-dealkylation sites (tertiary alicyclic amines) is 1. The van der Waals surface area contributed by atoms with Crippen molar-refractivity contribution in [3.63, 3.8) is 0 Å². The second kappa shape index (κ2) is 14.8. The van der Waals surface area contributed by atoms with Crippen molar-refractivity contribution in [2.75, 3.05) is 19.6 Å². The highest BCUT2D eigenvalue weighted by molar-refractivity contribution is 5.85. The Labute approximate surface area is 312 Å². The Morgan fingerprint density at radius 3 is 1.87 bits per heavy atom. The van der Waals surface area contributed by atoms with Crippen molar-refractivity contribution in [2.45, 2.75) is 59.1 Å².